The van der Waals surface area contributed by atoms with E-state index >= 15 is 0 Å². The van der Waals surface area contributed by atoms with E-state index in [1.54, 1.807) is 0 Å². The van der Waals surface area contributed by atoms with Gasteiger partial charge in [0.1, 0.15) is 0 Å². The Morgan fingerprint density at radius 2 is 2.00 bits per heavy atom. The molecule has 1 atom stereocenters. The van der Waals surface area contributed by atoms with Gasteiger partial charge < -0.3 is 4.74 Å². The summed E-state index contributed by atoms with van der Waals surface area (Å²) in [7, 11) is 0. The summed E-state index contributed by atoms with van der Waals surface area (Å²) in [6.07, 6.45) is 2.00. The normalized spacial score (nSPS) is 20.5. The van der Waals surface area contributed by atoms with Gasteiger partial charge in [-0.2, -0.15) is 0 Å². The van der Waals surface area contributed by atoms with E-state index in [1.807, 2.05) is 6.07 Å². The second kappa shape index (κ2) is 5.24. The monoisotopic (exact) mass is 284 g/mol. The first-order valence-corrected chi connectivity index (χ1v) is 6.86. The summed E-state index contributed by atoms with van der Waals surface area (Å²) >= 11 is 19.8. The van der Waals surface area contributed by atoms with Crippen LogP contribution in [0.15, 0.2) is 6.07 Å². The standard InChI is InChI=1S/C10H11Cl3OS/c11-8-5-7(10(13)15-8)9(12)6-1-3-14-4-2-6/h5-6,9H,1-4H2. The summed E-state index contributed by atoms with van der Waals surface area (Å²) in [6.45, 7) is 1.59. The molecule has 0 N–H and O–H groups in total. The molecule has 1 aromatic heterocycles. The van der Waals surface area contributed by atoms with Gasteiger partial charge in [0.2, 0.25) is 0 Å². The van der Waals surface area contributed by atoms with Crippen LogP contribution in [0, 0.1) is 5.92 Å². The van der Waals surface area contributed by atoms with Gasteiger partial charge in [0.25, 0.3) is 0 Å². The Morgan fingerprint density at radius 3 is 2.53 bits per heavy atom. The lowest BCUT2D eigenvalue weighted by Gasteiger charge is -2.26. The molecule has 5 heteroatoms. The smallest absolute Gasteiger partial charge is 0.0991 e. The molecule has 0 aromatic carbocycles. The molecule has 15 heavy (non-hydrogen) atoms. The van der Waals surface area contributed by atoms with E-state index in [4.69, 9.17) is 39.5 Å². The number of thiophene rings is 1. The molecule has 2 rings (SSSR count). The van der Waals surface area contributed by atoms with E-state index in [2.05, 4.69) is 0 Å². The van der Waals surface area contributed by atoms with E-state index in [0.717, 1.165) is 31.6 Å². The van der Waals surface area contributed by atoms with Crippen LogP contribution < -0.4 is 0 Å². The SMILES string of the molecule is Clc1cc(C(Cl)C2CCOCC2)c(Cl)s1. The average molecular weight is 286 g/mol. The molecule has 0 bridgehead atoms. The zero-order chi connectivity index (χ0) is 10.8. The van der Waals surface area contributed by atoms with Crippen molar-refractivity contribution in [3.05, 3.63) is 20.3 Å². The fourth-order valence-electron chi connectivity index (χ4n) is 1.80. The highest BCUT2D eigenvalue weighted by Gasteiger charge is 2.26. The molecule has 1 aliphatic heterocycles. The third-order valence-corrected chi connectivity index (χ3v) is 4.77. The lowest BCUT2D eigenvalue weighted by molar-refractivity contribution is 0.0651. The number of alkyl halides is 1. The maximum Gasteiger partial charge on any atom is 0.0991 e. The summed E-state index contributed by atoms with van der Waals surface area (Å²) in [5.74, 6) is 0.448. The van der Waals surface area contributed by atoms with E-state index in [1.165, 1.54) is 11.3 Å². The molecular formula is C10H11Cl3OS. The molecule has 84 valence electrons. The summed E-state index contributed by atoms with van der Waals surface area (Å²) in [4.78, 5) is 0. The summed E-state index contributed by atoms with van der Waals surface area (Å²) in [5, 5.41) is -0.0369. The number of rotatable bonds is 2. The van der Waals surface area contributed by atoms with Gasteiger partial charge in [-0.05, 0) is 24.8 Å². The van der Waals surface area contributed by atoms with Crippen molar-refractivity contribution in [2.45, 2.75) is 18.2 Å². The van der Waals surface area contributed by atoms with Crippen molar-refractivity contribution in [1.29, 1.82) is 0 Å². The van der Waals surface area contributed by atoms with Crippen LogP contribution >= 0.6 is 46.1 Å². The molecule has 0 saturated carbocycles. The van der Waals surface area contributed by atoms with Crippen molar-refractivity contribution in [2.24, 2.45) is 5.92 Å². The summed E-state index contributed by atoms with van der Waals surface area (Å²) in [6, 6.07) is 1.88. The Bertz CT molecular complexity index is 333. The number of halogens is 3. The van der Waals surface area contributed by atoms with Crippen molar-refractivity contribution in [2.75, 3.05) is 13.2 Å². The van der Waals surface area contributed by atoms with Crippen LogP contribution in [-0.4, -0.2) is 13.2 Å². The summed E-state index contributed by atoms with van der Waals surface area (Å²) < 4.78 is 6.72. The average Bonchev–Trinajstić information content (AvgIpc) is 2.58. The third kappa shape index (κ3) is 2.80. The van der Waals surface area contributed by atoms with Crippen molar-refractivity contribution in [3.8, 4) is 0 Å². The zero-order valence-electron chi connectivity index (χ0n) is 8.01. The maximum absolute atomic E-state index is 6.41. The zero-order valence-corrected chi connectivity index (χ0v) is 11.1. The van der Waals surface area contributed by atoms with Crippen LogP contribution in [0.2, 0.25) is 8.67 Å². The van der Waals surface area contributed by atoms with Gasteiger partial charge in [-0.1, -0.05) is 23.2 Å². The van der Waals surface area contributed by atoms with E-state index in [-0.39, 0.29) is 5.38 Å². The third-order valence-electron chi connectivity index (χ3n) is 2.66. The van der Waals surface area contributed by atoms with Crippen LogP contribution in [0.1, 0.15) is 23.8 Å². The van der Waals surface area contributed by atoms with Gasteiger partial charge in [-0.25, -0.2) is 0 Å². The van der Waals surface area contributed by atoms with Gasteiger partial charge in [0.15, 0.2) is 0 Å². The molecule has 2 heterocycles. The van der Waals surface area contributed by atoms with Crippen LogP contribution in [0.5, 0.6) is 0 Å². The minimum Gasteiger partial charge on any atom is -0.381 e. The van der Waals surface area contributed by atoms with Crippen LogP contribution in [0.25, 0.3) is 0 Å². The highest BCUT2D eigenvalue weighted by atomic mass is 35.5. The van der Waals surface area contributed by atoms with Crippen LogP contribution in [0.4, 0.5) is 0 Å². The summed E-state index contributed by atoms with van der Waals surface area (Å²) in [5.41, 5.74) is 0.972. The molecule has 1 aromatic rings. The van der Waals surface area contributed by atoms with Gasteiger partial charge in [-0.15, -0.1) is 22.9 Å². The van der Waals surface area contributed by atoms with Gasteiger partial charge in [-0.3, -0.25) is 0 Å². The Labute approximate surface area is 108 Å². The molecule has 0 amide bonds. The quantitative estimate of drug-likeness (QED) is 0.712. The van der Waals surface area contributed by atoms with Crippen molar-refractivity contribution < 1.29 is 4.74 Å². The molecule has 1 unspecified atom stereocenters. The first-order chi connectivity index (χ1) is 7.18. The van der Waals surface area contributed by atoms with E-state index < -0.39 is 0 Å². The van der Waals surface area contributed by atoms with E-state index in [9.17, 15) is 0 Å². The molecule has 1 aliphatic rings. The molecular weight excluding hydrogens is 275 g/mol. The number of ether oxygens (including phenoxy) is 1. The second-order valence-electron chi connectivity index (χ2n) is 3.63. The number of hydrogen-bond donors (Lipinski definition) is 0. The lowest BCUT2D eigenvalue weighted by atomic mass is 9.93. The molecule has 0 aliphatic carbocycles. The fourth-order valence-corrected chi connectivity index (χ4v) is 3.90. The maximum atomic E-state index is 6.41. The minimum absolute atomic E-state index is 0.0369. The predicted molar refractivity (Wildman–Crippen MR) is 66.5 cm³/mol. The Hall–Kier alpha value is 0.530. The molecule has 1 fully saturated rings. The molecule has 0 spiro atoms. The van der Waals surface area contributed by atoms with Crippen molar-refractivity contribution >= 4 is 46.1 Å². The van der Waals surface area contributed by atoms with Gasteiger partial charge >= 0.3 is 0 Å². The van der Waals surface area contributed by atoms with Crippen molar-refractivity contribution in [3.63, 3.8) is 0 Å². The molecule has 1 nitrogen and oxygen atoms in total. The largest absolute Gasteiger partial charge is 0.381 e. The van der Waals surface area contributed by atoms with Crippen LogP contribution in [0.3, 0.4) is 0 Å². The Kier molecular flexibility index (Phi) is 4.19. The second-order valence-corrected chi connectivity index (χ2v) is 6.39. The lowest BCUT2D eigenvalue weighted by Crippen LogP contribution is -2.19. The highest BCUT2D eigenvalue weighted by molar-refractivity contribution is 7.20. The fraction of sp³-hybridized carbons (Fsp3) is 0.600. The van der Waals surface area contributed by atoms with Gasteiger partial charge in [0.05, 0.1) is 14.0 Å². The van der Waals surface area contributed by atoms with E-state index in [0.29, 0.717) is 14.6 Å². The Morgan fingerprint density at radius 1 is 1.33 bits per heavy atom. The van der Waals surface area contributed by atoms with Crippen molar-refractivity contribution in [1.82, 2.24) is 0 Å². The highest BCUT2D eigenvalue weighted by Crippen LogP contribution is 2.43. The first-order valence-electron chi connectivity index (χ1n) is 4.85. The number of hydrogen-bond acceptors (Lipinski definition) is 2. The van der Waals surface area contributed by atoms with Crippen LogP contribution in [-0.2, 0) is 4.74 Å². The minimum atomic E-state index is -0.0369. The topological polar surface area (TPSA) is 9.23 Å². The predicted octanol–water partition coefficient (Wildman–Crippen LogP) is 4.76. The first kappa shape index (κ1) is 12.0. The Balaban J connectivity index is 2.12. The van der Waals surface area contributed by atoms with Gasteiger partial charge in [0, 0.05) is 18.8 Å². The molecule has 1 saturated heterocycles. The molecule has 0 radical (unpaired) electrons.